The molecule has 0 aliphatic carbocycles. The Morgan fingerprint density at radius 3 is 2.43 bits per heavy atom. The third-order valence-electron chi connectivity index (χ3n) is 6.86. The molecule has 1 saturated heterocycles. The zero-order chi connectivity index (χ0) is 25.8. The van der Waals surface area contributed by atoms with E-state index in [0.717, 1.165) is 5.56 Å². The Balaban J connectivity index is 1.78. The SMILES string of the molecule is CCN(C(=O)c1c(C[N+]2([O-])CCOCC2)c(-c2ccccc2)nc2ccccc12)c1ccccc1C#N. The number of hydrogen-bond acceptors (Lipinski definition) is 5. The minimum atomic E-state index is -0.485. The molecule has 37 heavy (non-hydrogen) atoms. The number of amides is 1. The van der Waals surface area contributed by atoms with Gasteiger partial charge in [-0.25, -0.2) is 4.98 Å². The maximum absolute atomic E-state index is 14.5. The van der Waals surface area contributed by atoms with Crippen molar-refractivity contribution in [2.75, 3.05) is 37.7 Å². The number of para-hydroxylation sites is 2. The van der Waals surface area contributed by atoms with E-state index < -0.39 is 4.65 Å². The summed E-state index contributed by atoms with van der Waals surface area (Å²) in [6.45, 7) is 3.73. The molecule has 1 fully saturated rings. The lowest BCUT2D eigenvalue weighted by atomic mass is 9.94. The summed E-state index contributed by atoms with van der Waals surface area (Å²) in [5.41, 5.74) is 4.20. The predicted octanol–water partition coefficient (Wildman–Crippen LogP) is 5.28. The monoisotopic (exact) mass is 492 g/mol. The van der Waals surface area contributed by atoms with E-state index in [-0.39, 0.29) is 12.5 Å². The molecule has 186 valence electrons. The van der Waals surface area contributed by atoms with Gasteiger partial charge in [0.1, 0.15) is 25.7 Å². The lowest BCUT2D eigenvalue weighted by Crippen LogP contribution is -2.50. The number of carbonyl (C=O) groups is 1. The maximum Gasteiger partial charge on any atom is 0.259 e. The molecule has 0 N–H and O–H groups in total. The van der Waals surface area contributed by atoms with Gasteiger partial charge in [-0.3, -0.25) is 4.79 Å². The van der Waals surface area contributed by atoms with Crippen LogP contribution in [0.3, 0.4) is 0 Å². The molecule has 7 nitrogen and oxygen atoms in total. The van der Waals surface area contributed by atoms with Crippen molar-refractivity contribution in [1.82, 2.24) is 4.98 Å². The van der Waals surface area contributed by atoms with Gasteiger partial charge in [-0.15, -0.1) is 0 Å². The number of pyridine rings is 1. The number of anilines is 1. The molecule has 7 heteroatoms. The minimum Gasteiger partial charge on any atom is -0.632 e. The van der Waals surface area contributed by atoms with E-state index in [2.05, 4.69) is 6.07 Å². The van der Waals surface area contributed by atoms with Crippen molar-refractivity contribution in [1.29, 1.82) is 5.26 Å². The van der Waals surface area contributed by atoms with Crippen molar-refractivity contribution < 1.29 is 14.2 Å². The Hall–Kier alpha value is -4.09. The largest absolute Gasteiger partial charge is 0.632 e. The standard InChI is InChI=1S/C30H28N4O3/c1-2-33(27-15-9-6-12-23(27)20-31)30(35)28-24-13-7-8-14-26(24)32-29(22-10-4-3-5-11-22)25(28)21-34(36)16-18-37-19-17-34/h3-15H,2,16-19,21H2,1H3. The van der Waals surface area contributed by atoms with Crippen molar-refractivity contribution in [2.45, 2.75) is 13.5 Å². The van der Waals surface area contributed by atoms with Crippen molar-refractivity contribution >= 4 is 22.5 Å². The summed E-state index contributed by atoms with van der Waals surface area (Å²) < 4.78 is 4.98. The van der Waals surface area contributed by atoms with Crippen LogP contribution in [0, 0.1) is 16.5 Å². The van der Waals surface area contributed by atoms with E-state index in [0.29, 0.717) is 71.8 Å². The first kappa shape index (κ1) is 24.6. The van der Waals surface area contributed by atoms with Gasteiger partial charge in [0.05, 0.1) is 41.2 Å². The van der Waals surface area contributed by atoms with Crippen LogP contribution in [-0.4, -0.2) is 48.4 Å². The molecule has 0 saturated carbocycles. The van der Waals surface area contributed by atoms with Crippen LogP contribution in [0.15, 0.2) is 78.9 Å². The number of benzene rings is 3. The summed E-state index contributed by atoms with van der Waals surface area (Å²) in [4.78, 5) is 21.1. The Kier molecular flexibility index (Phi) is 6.97. The van der Waals surface area contributed by atoms with Gasteiger partial charge >= 0.3 is 0 Å². The first-order valence-corrected chi connectivity index (χ1v) is 12.5. The van der Waals surface area contributed by atoms with E-state index in [4.69, 9.17) is 9.72 Å². The molecule has 1 aliphatic heterocycles. The van der Waals surface area contributed by atoms with Gasteiger partial charge in [-0.05, 0) is 25.1 Å². The second kappa shape index (κ2) is 10.5. The fraction of sp³-hybridized carbons (Fsp3) is 0.233. The van der Waals surface area contributed by atoms with E-state index in [1.807, 2.05) is 67.6 Å². The van der Waals surface area contributed by atoms with Crippen molar-refractivity contribution in [3.05, 3.63) is 101 Å². The number of carbonyl (C=O) groups excluding carboxylic acids is 1. The number of rotatable bonds is 6. The highest BCUT2D eigenvalue weighted by Crippen LogP contribution is 2.35. The molecule has 0 radical (unpaired) electrons. The number of nitriles is 1. The van der Waals surface area contributed by atoms with Crippen molar-refractivity contribution in [2.24, 2.45) is 0 Å². The van der Waals surface area contributed by atoms with E-state index >= 15 is 0 Å². The first-order valence-electron chi connectivity index (χ1n) is 12.5. The quantitative estimate of drug-likeness (QED) is 0.270. The van der Waals surface area contributed by atoms with E-state index in [1.54, 1.807) is 23.1 Å². The lowest BCUT2D eigenvalue weighted by Gasteiger charge is -2.45. The average molecular weight is 493 g/mol. The molecule has 3 aromatic carbocycles. The summed E-state index contributed by atoms with van der Waals surface area (Å²) in [5.74, 6) is -0.254. The summed E-state index contributed by atoms with van der Waals surface area (Å²) in [6, 6.07) is 26.5. The van der Waals surface area contributed by atoms with Crippen LogP contribution in [-0.2, 0) is 11.3 Å². The number of quaternary nitrogens is 1. The first-order chi connectivity index (χ1) is 18.0. The smallest absolute Gasteiger partial charge is 0.259 e. The summed E-state index contributed by atoms with van der Waals surface area (Å²) in [6.07, 6.45) is 0. The minimum absolute atomic E-state index is 0.101. The number of morpholine rings is 1. The molecule has 4 aromatic rings. The molecule has 1 aromatic heterocycles. The number of aromatic nitrogens is 1. The third-order valence-corrected chi connectivity index (χ3v) is 6.86. The summed E-state index contributed by atoms with van der Waals surface area (Å²) >= 11 is 0. The lowest BCUT2D eigenvalue weighted by molar-refractivity contribution is -0.901. The molecule has 0 spiro atoms. The molecule has 1 amide bonds. The predicted molar refractivity (Wildman–Crippen MR) is 144 cm³/mol. The highest BCUT2D eigenvalue weighted by molar-refractivity contribution is 6.16. The number of hydroxylamine groups is 3. The molecule has 0 unspecified atom stereocenters. The Bertz CT molecular complexity index is 1470. The molecule has 5 rings (SSSR count). The van der Waals surface area contributed by atoms with Crippen LogP contribution in [0.4, 0.5) is 5.69 Å². The second-order valence-electron chi connectivity index (χ2n) is 9.15. The van der Waals surface area contributed by atoms with Crippen LogP contribution in [0.1, 0.15) is 28.4 Å². The molecule has 2 heterocycles. The maximum atomic E-state index is 14.5. The number of nitrogens with zero attached hydrogens (tertiary/aromatic N) is 4. The Morgan fingerprint density at radius 2 is 1.70 bits per heavy atom. The Labute approximate surface area is 216 Å². The zero-order valence-corrected chi connectivity index (χ0v) is 20.8. The molecule has 0 bridgehead atoms. The van der Waals surface area contributed by atoms with Gasteiger partial charge in [-0.2, -0.15) is 5.26 Å². The molecular weight excluding hydrogens is 464 g/mol. The van der Waals surface area contributed by atoms with Gasteiger partial charge in [0.2, 0.25) is 0 Å². The third kappa shape index (κ3) is 4.83. The zero-order valence-electron chi connectivity index (χ0n) is 20.8. The highest BCUT2D eigenvalue weighted by Gasteiger charge is 2.31. The van der Waals surface area contributed by atoms with Crippen molar-refractivity contribution in [3.63, 3.8) is 0 Å². The second-order valence-corrected chi connectivity index (χ2v) is 9.15. The van der Waals surface area contributed by atoms with Gasteiger partial charge in [-0.1, -0.05) is 60.7 Å². The molecule has 1 aliphatic rings. The van der Waals surface area contributed by atoms with Crippen LogP contribution in [0.5, 0.6) is 0 Å². The molecular formula is C30H28N4O3. The van der Waals surface area contributed by atoms with Gasteiger partial charge in [0.15, 0.2) is 0 Å². The van der Waals surface area contributed by atoms with Crippen LogP contribution < -0.4 is 4.90 Å². The fourth-order valence-electron chi connectivity index (χ4n) is 4.97. The van der Waals surface area contributed by atoms with Gasteiger partial charge < -0.3 is 19.5 Å². The number of fused-ring (bicyclic) bond motifs is 1. The summed E-state index contributed by atoms with van der Waals surface area (Å²) in [7, 11) is 0. The normalized spacial score (nSPS) is 14.7. The van der Waals surface area contributed by atoms with Gasteiger partial charge in [0.25, 0.3) is 5.91 Å². The average Bonchev–Trinajstić information content (AvgIpc) is 2.94. The number of ether oxygens (including phenoxy) is 1. The van der Waals surface area contributed by atoms with Crippen LogP contribution >= 0.6 is 0 Å². The van der Waals surface area contributed by atoms with Crippen LogP contribution in [0.25, 0.3) is 22.2 Å². The number of hydrogen-bond donors (Lipinski definition) is 0. The highest BCUT2D eigenvalue weighted by atomic mass is 16.6. The van der Waals surface area contributed by atoms with E-state index in [9.17, 15) is 15.3 Å². The van der Waals surface area contributed by atoms with E-state index in [1.165, 1.54) is 0 Å². The topological polar surface area (TPSA) is 89.3 Å². The Morgan fingerprint density at radius 1 is 1.03 bits per heavy atom. The summed E-state index contributed by atoms with van der Waals surface area (Å²) in [5, 5.41) is 24.3. The van der Waals surface area contributed by atoms with Gasteiger partial charge in [0, 0.05) is 23.1 Å². The fourth-order valence-corrected chi connectivity index (χ4v) is 4.97. The van der Waals surface area contributed by atoms with Crippen molar-refractivity contribution in [3.8, 4) is 17.3 Å². The molecule has 0 atom stereocenters. The van der Waals surface area contributed by atoms with Crippen LogP contribution in [0.2, 0.25) is 0 Å².